The van der Waals surface area contributed by atoms with Crippen LogP contribution in [0, 0.1) is 0 Å². The summed E-state index contributed by atoms with van der Waals surface area (Å²) in [5.41, 5.74) is 7.16. The highest BCUT2D eigenvalue weighted by molar-refractivity contribution is 5.82. The molecule has 1 fully saturated rings. The topological polar surface area (TPSA) is 46.3 Å². The van der Waals surface area contributed by atoms with Crippen LogP contribution in [-0.4, -0.2) is 29.4 Å². The first kappa shape index (κ1) is 13.1. The Labute approximate surface area is 109 Å². The Morgan fingerprint density at radius 3 is 2.83 bits per heavy atom. The van der Waals surface area contributed by atoms with E-state index in [2.05, 4.69) is 12.1 Å². The molecule has 3 heteroatoms. The summed E-state index contributed by atoms with van der Waals surface area (Å²) in [4.78, 5) is 14.2. The van der Waals surface area contributed by atoms with Crippen LogP contribution >= 0.6 is 0 Å². The van der Waals surface area contributed by atoms with Crippen molar-refractivity contribution < 1.29 is 4.79 Å². The molecule has 0 aromatic heterocycles. The molecule has 2 N–H and O–H groups in total. The van der Waals surface area contributed by atoms with Crippen LogP contribution < -0.4 is 5.73 Å². The summed E-state index contributed by atoms with van der Waals surface area (Å²) in [6, 6.07) is 10.4. The van der Waals surface area contributed by atoms with E-state index >= 15 is 0 Å². The molecule has 1 aliphatic rings. The van der Waals surface area contributed by atoms with E-state index in [9.17, 15) is 4.79 Å². The van der Waals surface area contributed by atoms with Crippen LogP contribution in [0.2, 0.25) is 0 Å². The van der Waals surface area contributed by atoms with E-state index in [4.69, 9.17) is 5.73 Å². The molecule has 1 saturated heterocycles. The average molecular weight is 246 g/mol. The second kappa shape index (κ2) is 6.01. The van der Waals surface area contributed by atoms with E-state index in [0.717, 1.165) is 25.8 Å². The molecule has 0 saturated carbocycles. The zero-order valence-corrected chi connectivity index (χ0v) is 11.0. The Hall–Kier alpha value is -1.35. The van der Waals surface area contributed by atoms with Crippen LogP contribution in [0.3, 0.4) is 0 Å². The van der Waals surface area contributed by atoms with Crippen LogP contribution in [0.1, 0.15) is 31.7 Å². The van der Waals surface area contributed by atoms with Gasteiger partial charge in [0.15, 0.2) is 0 Å². The van der Waals surface area contributed by atoms with Crippen LogP contribution in [0.4, 0.5) is 0 Å². The average Bonchev–Trinajstić information content (AvgIpc) is 2.86. The maximum atomic E-state index is 12.2. The smallest absolute Gasteiger partial charge is 0.239 e. The fourth-order valence-corrected chi connectivity index (χ4v) is 2.61. The van der Waals surface area contributed by atoms with Crippen molar-refractivity contribution in [3.8, 4) is 0 Å². The number of carbonyl (C=O) groups is 1. The third kappa shape index (κ3) is 2.91. The summed E-state index contributed by atoms with van der Waals surface area (Å²) in [5, 5.41) is 0. The fourth-order valence-electron chi connectivity index (χ4n) is 2.61. The van der Waals surface area contributed by atoms with Gasteiger partial charge < -0.3 is 10.6 Å². The number of carbonyl (C=O) groups excluding carboxylic acids is 1. The van der Waals surface area contributed by atoms with Crippen LogP contribution in [0.15, 0.2) is 30.3 Å². The van der Waals surface area contributed by atoms with Crippen molar-refractivity contribution in [1.82, 2.24) is 4.90 Å². The molecule has 0 spiro atoms. The highest BCUT2D eigenvalue weighted by Crippen LogP contribution is 2.22. The summed E-state index contributed by atoms with van der Waals surface area (Å²) in [7, 11) is 0. The molecule has 1 amide bonds. The van der Waals surface area contributed by atoms with E-state index in [1.807, 2.05) is 30.0 Å². The van der Waals surface area contributed by atoms with E-state index < -0.39 is 0 Å². The van der Waals surface area contributed by atoms with Crippen molar-refractivity contribution in [2.45, 2.75) is 44.7 Å². The largest absolute Gasteiger partial charge is 0.338 e. The van der Waals surface area contributed by atoms with Gasteiger partial charge in [-0.2, -0.15) is 0 Å². The molecule has 1 heterocycles. The van der Waals surface area contributed by atoms with Crippen LogP contribution in [0.25, 0.3) is 0 Å². The van der Waals surface area contributed by atoms with Crippen molar-refractivity contribution in [3.05, 3.63) is 35.9 Å². The molecule has 2 rings (SSSR count). The summed E-state index contributed by atoms with van der Waals surface area (Å²) in [6.45, 7) is 2.83. The van der Waals surface area contributed by atoms with E-state index in [0.29, 0.717) is 12.5 Å². The lowest BCUT2D eigenvalue weighted by Gasteiger charge is -2.27. The number of hydrogen-bond acceptors (Lipinski definition) is 2. The Balaban J connectivity index is 2.02. The number of hydrogen-bond donors (Lipinski definition) is 1. The molecule has 2 unspecified atom stereocenters. The second-order valence-corrected chi connectivity index (χ2v) is 5.03. The van der Waals surface area contributed by atoms with Crippen molar-refractivity contribution in [1.29, 1.82) is 0 Å². The Kier molecular flexibility index (Phi) is 4.37. The normalized spacial score (nSPS) is 21.0. The molecule has 3 nitrogen and oxygen atoms in total. The number of nitrogens with two attached hydrogens (primary N) is 1. The Morgan fingerprint density at radius 2 is 2.17 bits per heavy atom. The summed E-state index contributed by atoms with van der Waals surface area (Å²) >= 11 is 0. The van der Waals surface area contributed by atoms with Crippen molar-refractivity contribution in [2.24, 2.45) is 5.73 Å². The minimum atomic E-state index is -0.332. The quantitative estimate of drug-likeness (QED) is 0.882. The van der Waals surface area contributed by atoms with Gasteiger partial charge in [-0.05, 0) is 31.2 Å². The number of amides is 1. The van der Waals surface area contributed by atoms with E-state index in [1.165, 1.54) is 5.56 Å². The van der Waals surface area contributed by atoms with Gasteiger partial charge >= 0.3 is 0 Å². The SMILES string of the molecule is CCC(N)C(=O)N1CCCC1Cc1ccccc1. The van der Waals surface area contributed by atoms with Crippen molar-refractivity contribution >= 4 is 5.91 Å². The third-order valence-electron chi connectivity index (χ3n) is 3.73. The first-order valence-electron chi connectivity index (χ1n) is 6.82. The molecular weight excluding hydrogens is 224 g/mol. The molecular formula is C15H22N2O. The summed E-state index contributed by atoms with van der Waals surface area (Å²) in [6.07, 6.45) is 3.85. The van der Waals surface area contributed by atoms with Gasteiger partial charge in [0.2, 0.25) is 5.91 Å². The van der Waals surface area contributed by atoms with Crippen LogP contribution in [-0.2, 0) is 11.2 Å². The minimum Gasteiger partial charge on any atom is -0.338 e. The second-order valence-electron chi connectivity index (χ2n) is 5.03. The predicted octanol–water partition coefficient (Wildman–Crippen LogP) is 1.96. The monoisotopic (exact) mass is 246 g/mol. The van der Waals surface area contributed by atoms with Gasteiger partial charge in [0.1, 0.15) is 0 Å². The standard InChI is InChI=1S/C15H22N2O/c1-2-14(16)15(18)17-10-6-9-13(17)11-12-7-4-3-5-8-12/h3-5,7-8,13-14H,2,6,9-11,16H2,1H3. The van der Waals surface area contributed by atoms with Gasteiger partial charge in [-0.25, -0.2) is 0 Å². The third-order valence-corrected chi connectivity index (χ3v) is 3.73. The van der Waals surface area contributed by atoms with E-state index in [1.54, 1.807) is 0 Å². The van der Waals surface area contributed by atoms with Gasteiger partial charge in [0, 0.05) is 12.6 Å². The highest BCUT2D eigenvalue weighted by Gasteiger charge is 2.30. The van der Waals surface area contributed by atoms with Crippen molar-refractivity contribution in [3.63, 3.8) is 0 Å². The maximum absolute atomic E-state index is 12.2. The lowest BCUT2D eigenvalue weighted by atomic mass is 10.0. The predicted molar refractivity (Wildman–Crippen MR) is 73.1 cm³/mol. The van der Waals surface area contributed by atoms with E-state index in [-0.39, 0.29) is 11.9 Å². The summed E-state index contributed by atoms with van der Waals surface area (Å²) < 4.78 is 0. The molecule has 18 heavy (non-hydrogen) atoms. The molecule has 1 aliphatic heterocycles. The highest BCUT2D eigenvalue weighted by atomic mass is 16.2. The lowest BCUT2D eigenvalue weighted by Crippen LogP contribution is -2.46. The zero-order valence-electron chi connectivity index (χ0n) is 11.0. The zero-order chi connectivity index (χ0) is 13.0. The van der Waals surface area contributed by atoms with Gasteiger partial charge in [0.25, 0.3) is 0 Å². The van der Waals surface area contributed by atoms with Gasteiger partial charge in [-0.3, -0.25) is 4.79 Å². The molecule has 1 aromatic rings. The van der Waals surface area contributed by atoms with Crippen molar-refractivity contribution in [2.75, 3.05) is 6.54 Å². The first-order chi connectivity index (χ1) is 8.72. The maximum Gasteiger partial charge on any atom is 0.239 e. The van der Waals surface area contributed by atoms with Crippen LogP contribution in [0.5, 0.6) is 0 Å². The Morgan fingerprint density at radius 1 is 1.44 bits per heavy atom. The Bertz CT molecular complexity index is 391. The van der Waals surface area contributed by atoms with Gasteiger partial charge in [-0.15, -0.1) is 0 Å². The number of benzene rings is 1. The molecule has 98 valence electrons. The number of likely N-dealkylation sites (tertiary alicyclic amines) is 1. The number of nitrogens with zero attached hydrogens (tertiary/aromatic N) is 1. The first-order valence-corrected chi connectivity index (χ1v) is 6.82. The molecule has 0 aliphatic carbocycles. The van der Waals surface area contributed by atoms with Gasteiger partial charge in [0.05, 0.1) is 6.04 Å². The van der Waals surface area contributed by atoms with Gasteiger partial charge in [-0.1, -0.05) is 37.3 Å². The molecule has 1 aromatic carbocycles. The fraction of sp³-hybridized carbons (Fsp3) is 0.533. The number of rotatable bonds is 4. The molecule has 2 atom stereocenters. The molecule has 0 radical (unpaired) electrons. The lowest BCUT2D eigenvalue weighted by molar-refractivity contribution is -0.133. The minimum absolute atomic E-state index is 0.121. The summed E-state index contributed by atoms with van der Waals surface area (Å²) in [5.74, 6) is 0.121. The molecule has 0 bridgehead atoms.